The Morgan fingerprint density at radius 3 is 2.69 bits per heavy atom. The molecule has 4 heterocycles. The Labute approximate surface area is 188 Å². The van der Waals surface area contributed by atoms with Crippen LogP contribution in [-0.2, 0) is 19.6 Å². The average molecular weight is 429 g/mol. The molecular weight excluding hydrogens is 400 g/mol. The van der Waals surface area contributed by atoms with E-state index in [2.05, 4.69) is 42.5 Å². The number of anilines is 3. The van der Waals surface area contributed by atoms with Crippen molar-refractivity contribution in [3.63, 3.8) is 0 Å². The molecule has 1 fully saturated rings. The van der Waals surface area contributed by atoms with Crippen molar-refractivity contribution in [2.24, 2.45) is 0 Å². The van der Waals surface area contributed by atoms with Gasteiger partial charge in [-0.1, -0.05) is 18.2 Å². The number of nitrogens with one attached hydrogen (secondary N) is 2. The van der Waals surface area contributed by atoms with E-state index in [1.165, 1.54) is 18.4 Å². The minimum Gasteiger partial charge on any atom is -0.357 e. The van der Waals surface area contributed by atoms with E-state index in [9.17, 15) is 4.79 Å². The number of carbonyl (C=O) groups excluding carboxylic acids is 1. The van der Waals surface area contributed by atoms with Crippen LogP contribution in [0.15, 0.2) is 54.7 Å². The van der Waals surface area contributed by atoms with Crippen molar-refractivity contribution < 1.29 is 4.79 Å². The molecule has 1 aromatic carbocycles. The van der Waals surface area contributed by atoms with Crippen LogP contribution in [-0.4, -0.2) is 29.1 Å². The first kappa shape index (κ1) is 20.3. The van der Waals surface area contributed by atoms with Gasteiger partial charge in [0.05, 0.1) is 0 Å². The Balaban J connectivity index is 1.23. The summed E-state index contributed by atoms with van der Waals surface area (Å²) in [6.45, 7) is 6.09. The third-order valence-corrected chi connectivity index (χ3v) is 6.09. The molecule has 1 saturated heterocycles. The lowest BCUT2D eigenvalue weighted by Gasteiger charge is -2.18. The summed E-state index contributed by atoms with van der Waals surface area (Å²) in [6, 6.07) is 15.9. The molecule has 2 amide bonds. The van der Waals surface area contributed by atoms with Crippen LogP contribution in [0.4, 0.5) is 22.1 Å². The number of benzene rings is 1. The van der Waals surface area contributed by atoms with Gasteiger partial charge < -0.3 is 20.4 Å². The zero-order valence-corrected chi connectivity index (χ0v) is 18.3. The fourth-order valence-electron chi connectivity index (χ4n) is 4.52. The van der Waals surface area contributed by atoms with Gasteiger partial charge in [-0.05, 0) is 61.2 Å². The number of hydrogen-bond donors (Lipinski definition) is 2. The number of pyridine rings is 2. The number of rotatable bonds is 5. The monoisotopic (exact) mass is 428 g/mol. The van der Waals surface area contributed by atoms with Crippen LogP contribution in [0.5, 0.6) is 0 Å². The zero-order chi connectivity index (χ0) is 21.9. The van der Waals surface area contributed by atoms with Gasteiger partial charge >= 0.3 is 6.03 Å². The van der Waals surface area contributed by atoms with E-state index in [-0.39, 0.29) is 6.03 Å². The van der Waals surface area contributed by atoms with Crippen LogP contribution >= 0.6 is 0 Å². The van der Waals surface area contributed by atoms with E-state index in [1.807, 2.05) is 43.3 Å². The number of urea groups is 1. The highest BCUT2D eigenvalue weighted by Gasteiger charge is 2.23. The Morgan fingerprint density at radius 2 is 1.88 bits per heavy atom. The summed E-state index contributed by atoms with van der Waals surface area (Å²) in [5, 5.41) is 6.05. The molecule has 164 valence electrons. The molecule has 3 aromatic rings. The normalized spacial score (nSPS) is 15.0. The van der Waals surface area contributed by atoms with Gasteiger partial charge in [-0.25, -0.2) is 14.8 Å². The molecule has 0 unspecified atom stereocenters. The second-order valence-corrected chi connectivity index (χ2v) is 8.46. The van der Waals surface area contributed by atoms with Crippen molar-refractivity contribution in [2.75, 3.05) is 28.2 Å². The highest BCUT2D eigenvalue weighted by molar-refractivity contribution is 5.90. The molecule has 32 heavy (non-hydrogen) atoms. The Hall–Kier alpha value is -3.61. The minimum absolute atomic E-state index is 0.202. The summed E-state index contributed by atoms with van der Waals surface area (Å²) in [4.78, 5) is 26.3. The van der Waals surface area contributed by atoms with E-state index >= 15 is 0 Å². The molecule has 0 spiro atoms. The van der Waals surface area contributed by atoms with Crippen LogP contribution in [0, 0.1) is 6.92 Å². The minimum atomic E-state index is -0.202. The predicted octanol–water partition coefficient (Wildman–Crippen LogP) is 4.23. The quantitative estimate of drug-likeness (QED) is 0.636. The van der Waals surface area contributed by atoms with Crippen LogP contribution < -0.4 is 20.4 Å². The lowest BCUT2D eigenvalue weighted by Crippen LogP contribution is -2.29. The van der Waals surface area contributed by atoms with E-state index in [1.54, 1.807) is 6.20 Å². The van der Waals surface area contributed by atoms with Gasteiger partial charge in [0.25, 0.3) is 0 Å². The Morgan fingerprint density at radius 1 is 1.00 bits per heavy atom. The van der Waals surface area contributed by atoms with Crippen LogP contribution in [0.3, 0.4) is 0 Å². The van der Waals surface area contributed by atoms with Crippen molar-refractivity contribution in [1.82, 2.24) is 15.3 Å². The molecule has 2 N–H and O–H groups in total. The number of amides is 2. The smallest absolute Gasteiger partial charge is 0.319 e. The molecule has 7 heteroatoms. The van der Waals surface area contributed by atoms with E-state index in [0.29, 0.717) is 6.54 Å². The molecule has 2 aromatic heterocycles. The molecule has 5 rings (SSSR count). The van der Waals surface area contributed by atoms with Gasteiger partial charge in [0, 0.05) is 55.9 Å². The van der Waals surface area contributed by atoms with Gasteiger partial charge in [-0.15, -0.1) is 0 Å². The molecule has 0 bridgehead atoms. The van der Waals surface area contributed by atoms with Crippen molar-refractivity contribution >= 4 is 23.4 Å². The van der Waals surface area contributed by atoms with Gasteiger partial charge in [-0.3, -0.25) is 0 Å². The standard InChI is InChI=1S/C25H28N6O/c1-18-13-19(14-24(28-18)30-11-4-5-12-30)15-27-25(32)29-22-8-6-7-20-16-31(17-21(20)22)23-9-2-3-10-26-23/h2-3,6-10,13-14H,4-5,11-12,15-17H2,1H3,(H2,27,29,32). The van der Waals surface area contributed by atoms with Gasteiger partial charge in [0.15, 0.2) is 0 Å². The highest BCUT2D eigenvalue weighted by atomic mass is 16.2. The molecule has 7 nitrogen and oxygen atoms in total. The summed E-state index contributed by atoms with van der Waals surface area (Å²) in [5.74, 6) is 1.95. The first-order chi connectivity index (χ1) is 15.7. The van der Waals surface area contributed by atoms with Crippen molar-refractivity contribution in [3.05, 3.63) is 77.1 Å². The summed E-state index contributed by atoms with van der Waals surface area (Å²) < 4.78 is 0. The summed E-state index contributed by atoms with van der Waals surface area (Å²) in [7, 11) is 0. The molecular formula is C25H28N6O. The molecule has 0 atom stereocenters. The van der Waals surface area contributed by atoms with Crippen molar-refractivity contribution in [2.45, 2.75) is 39.4 Å². The predicted molar refractivity (Wildman–Crippen MR) is 127 cm³/mol. The fourth-order valence-corrected chi connectivity index (χ4v) is 4.52. The summed E-state index contributed by atoms with van der Waals surface area (Å²) in [5.41, 5.74) is 5.25. The lowest BCUT2D eigenvalue weighted by atomic mass is 10.1. The molecule has 0 aliphatic carbocycles. The number of carbonyl (C=O) groups is 1. The first-order valence-electron chi connectivity index (χ1n) is 11.2. The van der Waals surface area contributed by atoms with Crippen molar-refractivity contribution in [3.8, 4) is 0 Å². The topological polar surface area (TPSA) is 73.4 Å². The van der Waals surface area contributed by atoms with Crippen molar-refractivity contribution in [1.29, 1.82) is 0 Å². The lowest BCUT2D eigenvalue weighted by molar-refractivity contribution is 0.251. The number of nitrogens with zero attached hydrogens (tertiary/aromatic N) is 4. The van der Waals surface area contributed by atoms with E-state index in [4.69, 9.17) is 0 Å². The molecule has 2 aliphatic heterocycles. The highest BCUT2D eigenvalue weighted by Crippen LogP contribution is 2.31. The Bertz CT molecular complexity index is 1110. The second-order valence-electron chi connectivity index (χ2n) is 8.46. The molecule has 2 aliphatic rings. The third-order valence-electron chi connectivity index (χ3n) is 6.09. The fraction of sp³-hybridized carbons (Fsp3) is 0.320. The van der Waals surface area contributed by atoms with Gasteiger partial charge in [0.2, 0.25) is 0 Å². The summed E-state index contributed by atoms with van der Waals surface area (Å²) >= 11 is 0. The molecule has 0 radical (unpaired) electrons. The van der Waals surface area contributed by atoms with Gasteiger partial charge in [0.1, 0.15) is 11.6 Å². The number of aryl methyl sites for hydroxylation is 1. The van der Waals surface area contributed by atoms with Crippen LogP contribution in [0.25, 0.3) is 0 Å². The van der Waals surface area contributed by atoms with E-state index in [0.717, 1.165) is 60.3 Å². The second kappa shape index (κ2) is 8.86. The number of hydrogen-bond acceptors (Lipinski definition) is 5. The van der Waals surface area contributed by atoms with Gasteiger partial charge in [-0.2, -0.15) is 0 Å². The summed E-state index contributed by atoms with van der Waals surface area (Å²) in [6.07, 6.45) is 4.23. The Kier molecular flexibility index (Phi) is 5.62. The zero-order valence-electron chi connectivity index (χ0n) is 18.3. The third kappa shape index (κ3) is 4.37. The average Bonchev–Trinajstić information content (AvgIpc) is 3.49. The maximum absolute atomic E-state index is 12.7. The van der Waals surface area contributed by atoms with Crippen LogP contribution in [0.1, 0.15) is 35.2 Å². The van der Waals surface area contributed by atoms with Crippen LogP contribution in [0.2, 0.25) is 0 Å². The largest absolute Gasteiger partial charge is 0.357 e. The number of fused-ring (bicyclic) bond motifs is 1. The number of aromatic nitrogens is 2. The van der Waals surface area contributed by atoms with E-state index < -0.39 is 0 Å². The maximum Gasteiger partial charge on any atom is 0.319 e. The maximum atomic E-state index is 12.7. The SMILES string of the molecule is Cc1cc(CNC(=O)Nc2cccc3c2CN(c2ccccn2)C3)cc(N2CCCC2)n1. The first-order valence-corrected chi connectivity index (χ1v) is 11.2. The molecule has 0 saturated carbocycles.